The number of aromatic amines is 1. The molecule has 0 atom stereocenters. The number of nitrogens with one attached hydrogen (secondary N) is 1. The Labute approximate surface area is 109 Å². The highest BCUT2D eigenvalue weighted by molar-refractivity contribution is 6.30. The number of hydrogen-bond acceptors (Lipinski definition) is 2. The average molecular weight is 266 g/mol. The number of pyridine rings is 1. The van der Waals surface area contributed by atoms with Crippen LogP contribution in [-0.2, 0) is 0 Å². The first-order chi connectivity index (χ1) is 8.50. The molecule has 1 aromatic carbocycles. The molecule has 5 heteroatoms. The third-order valence-electron chi connectivity index (χ3n) is 2.04. The Balaban J connectivity index is 0.000000199. The summed E-state index contributed by atoms with van der Waals surface area (Å²) in [5.41, 5.74) is 0.321. The molecule has 0 saturated carbocycles. The number of carbonyl (C=O) groups is 1. The van der Waals surface area contributed by atoms with E-state index in [-0.39, 0.29) is 10.6 Å². The van der Waals surface area contributed by atoms with Crippen LogP contribution in [0.1, 0.15) is 15.9 Å². The molecule has 94 valence electrons. The minimum Gasteiger partial charge on any atom is -0.477 e. The molecule has 0 amide bonds. The van der Waals surface area contributed by atoms with Crippen LogP contribution in [0, 0.1) is 6.92 Å². The van der Waals surface area contributed by atoms with E-state index in [1.165, 1.54) is 11.8 Å². The number of rotatable bonds is 1. The van der Waals surface area contributed by atoms with E-state index in [0.717, 1.165) is 6.07 Å². The minimum absolute atomic E-state index is 0.196. The number of halogens is 1. The summed E-state index contributed by atoms with van der Waals surface area (Å²) in [6.07, 6.45) is 1.23. The van der Waals surface area contributed by atoms with Gasteiger partial charge in [0.05, 0.1) is 5.02 Å². The minimum atomic E-state index is -1.28. The monoisotopic (exact) mass is 265 g/mol. The first-order valence-electron chi connectivity index (χ1n) is 5.14. The Morgan fingerprint density at radius 2 is 1.89 bits per heavy atom. The van der Waals surface area contributed by atoms with Gasteiger partial charge in [-0.15, -0.1) is 0 Å². The highest BCUT2D eigenvalue weighted by Gasteiger charge is 2.07. The van der Waals surface area contributed by atoms with E-state index in [9.17, 15) is 9.59 Å². The largest absolute Gasteiger partial charge is 0.477 e. The number of hydrogen-bond donors (Lipinski definition) is 2. The van der Waals surface area contributed by atoms with Gasteiger partial charge in [-0.05, 0) is 13.0 Å². The van der Waals surface area contributed by atoms with Crippen LogP contribution in [0.2, 0.25) is 5.02 Å². The van der Waals surface area contributed by atoms with E-state index in [0.29, 0.717) is 0 Å². The Morgan fingerprint density at radius 3 is 2.28 bits per heavy atom. The summed E-state index contributed by atoms with van der Waals surface area (Å²) < 4.78 is 0. The van der Waals surface area contributed by atoms with Gasteiger partial charge in [-0.3, -0.25) is 4.79 Å². The molecule has 0 aliphatic heterocycles. The molecule has 4 nitrogen and oxygen atoms in total. The zero-order chi connectivity index (χ0) is 13.5. The third-order valence-corrected chi connectivity index (χ3v) is 2.26. The maximum atomic E-state index is 10.7. The maximum Gasteiger partial charge on any atom is 0.341 e. The predicted molar refractivity (Wildman–Crippen MR) is 70.2 cm³/mol. The van der Waals surface area contributed by atoms with Gasteiger partial charge in [-0.25, -0.2) is 4.79 Å². The number of H-pyrrole nitrogens is 1. The molecule has 2 rings (SSSR count). The van der Waals surface area contributed by atoms with Gasteiger partial charge in [0.15, 0.2) is 0 Å². The Hall–Kier alpha value is -2.07. The SMILES string of the molecule is Cc1ccccc1.O=C(O)c1cc(Cl)c[nH]c1=O. The molecule has 0 bridgehead atoms. The highest BCUT2D eigenvalue weighted by atomic mass is 35.5. The Bertz CT molecular complexity index is 578. The molecule has 0 fully saturated rings. The van der Waals surface area contributed by atoms with Crippen LogP contribution in [0.5, 0.6) is 0 Å². The number of carboxylic acid groups (broad SMARTS) is 1. The maximum absolute atomic E-state index is 10.7. The second-order valence-corrected chi connectivity index (χ2v) is 3.96. The molecule has 0 radical (unpaired) electrons. The lowest BCUT2D eigenvalue weighted by molar-refractivity contribution is 0.0695. The fourth-order valence-corrected chi connectivity index (χ4v) is 1.31. The summed E-state index contributed by atoms with van der Waals surface area (Å²) in [6.45, 7) is 2.08. The van der Waals surface area contributed by atoms with E-state index in [1.54, 1.807) is 0 Å². The summed E-state index contributed by atoms with van der Waals surface area (Å²) in [6, 6.07) is 11.4. The second-order valence-electron chi connectivity index (χ2n) is 3.52. The van der Waals surface area contributed by atoms with Gasteiger partial charge >= 0.3 is 5.97 Å². The van der Waals surface area contributed by atoms with E-state index in [1.807, 2.05) is 18.2 Å². The van der Waals surface area contributed by atoms with Crippen molar-refractivity contribution in [3.8, 4) is 0 Å². The van der Waals surface area contributed by atoms with Crippen LogP contribution >= 0.6 is 11.6 Å². The molecular weight excluding hydrogens is 254 g/mol. The topological polar surface area (TPSA) is 70.2 Å². The van der Waals surface area contributed by atoms with Gasteiger partial charge in [0.25, 0.3) is 5.56 Å². The van der Waals surface area contributed by atoms with Gasteiger partial charge in [0.1, 0.15) is 5.56 Å². The fraction of sp³-hybridized carbons (Fsp3) is 0.0769. The van der Waals surface area contributed by atoms with Crippen LogP contribution in [-0.4, -0.2) is 16.1 Å². The molecule has 0 unspecified atom stereocenters. The summed E-state index contributed by atoms with van der Waals surface area (Å²) >= 11 is 5.43. The zero-order valence-electron chi connectivity index (χ0n) is 9.68. The number of aromatic carboxylic acids is 1. The molecule has 2 aromatic rings. The smallest absolute Gasteiger partial charge is 0.341 e. The molecule has 0 aliphatic carbocycles. The molecule has 1 aromatic heterocycles. The first kappa shape index (κ1) is 14.0. The van der Waals surface area contributed by atoms with Crippen molar-refractivity contribution in [3.63, 3.8) is 0 Å². The second kappa shape index (κ2) is 6.61. The van der Waals surface area contributed by atoms with Gasteiger partial charge in [0.2, 0.25) is 0 Å². The lowest BCUT2D eigenvalue weighted by Gasteiger charge is -1.91. The molecule has 0 spiro atoms. The molecule has 1 heterocycles. The van der Waals surface area contributed by atoms with Crippen molar-refractivity contribution in [2.75, 3.05) is 0 Å². The number of carboxylic acids is 1. The van der Waals surface area contributed by atoms with Crippen LogP contribution in [0.3, 0.4) is 0 Å². The summed E-state index contributed by atoms with van der Waals surface area (Å²) in [5, 5.41) is 8.61. The average Bonchev–Trinajstić information content (AvgIpc) is 2.34. The standard InChI is InChI=1S/C7H8.C6H4ClNO3/c1-7-5-3-2-4-6-7;7-3-1-4(6(10)11)5(9)8-2-3/h2-6H,1H3;1-2H,(H,8,9)(H,10,11). The van der Waals surface area contributed by atoms with Crippen molar-refractivity contribution in [1.29, 1.82) is 0 Å². The van der Waals surface area contributed by atoms with Crippen molar-refractivity contribution in [2.45, 2.75) is 6.92 Å². The van der Waals surface area contributed by atoms with Crippen LogP contribution < -0.4 is 5.56 Å². The van der Waals surface area contributed by atoms with Crippen LogP contribution in [0.15, 0.2) is 47.4 Å². The van der Waals surface area contributed by atoms with Crippen molar-refractivity contribution >= 4 is 17.6 Å². The quantitative estimate of drug-likeness (QED) is 0.833. The van der Waals surface area contributed by atoms with E-state index < -0.39 is 11.5 Å². The normalized spacial score (nSPS) is 9.22. The van der Waals surface area contributed by atoms with Crippen LogP contribution in [0.25, 0.3) is 0 Å². The molecule has 0 saturated heterocycles. The lowest BCUT2D eigenvalue weighted by Crippen LogP contribution is -2.16. The fourth-order valence-electron chi connectivity index (χ4n) is 1.15. The molecule has 0 aliphatic rings. The van der Waals surface area contributed by atoms with Gasteiger partial charge in [-0.1, -0.05) is 47.5 Å². The summed E-state index contributed by atoms with van der Waals surface area (Å²) in [7, 11) is 0. The molecular formula is C13H12ClNO3. The van der Waals surface area contributed by atoms with Crippen LogP contribution in [0.4, 0.5) is 0 Å². The number of aryl methyl sites for hydroxylation is 1. The predicted octanol–water partition coefficient (Wildman–Crippen LogP) is 2.72. The molecule has 2 N–H and O–H groups in total. The van der Waals surface area contributed by atoms with E-state index in [2.05, 4.69) is 24.0 Å². The van der Waals surface area contributed by atoms with Gasteiger partial charge < -0.3 is 10.1 Å². The summed E-state index contributed by atoms with van der Waals surface area (Å²) in [4.78, 5) is 23.2. The Kier molecular flexibility index (Phi) is 5.14. The Morgan fingerprint density at radius 1 is 1.28 bits per heavy atom. The van der Waals surface area contributed by atoms with Gasteiger partial charge in [0, 0.05) is 6.20 Å². The van der Waals surface area contributed by atoms with E-state index >= 15 is 0 Å². The van der Waals surface area contributed by atoms with Crippen molar-refractivity contribution in [3.05, 3.63) is 69.1 Å². The molecule has 18 heavy (non-hydrogen) atoms. The summed E-state index contributed by atoms with van der Waals surface area (Å²) in [5.74, 6) is -1.28. The zero-order valence-corrected chi connectivity index (χ0v) is 10.4. The lowest BCUT2D eigenvalue weighted by atomic mass is 10.2. The van der Waals surface area contributed by atoms with Crippen molar-refractivity contribution in [2.24, 2.45) is 0 Å². The van der Waals surface area contributed by atoms with E-state index in [4.69, 9.17) is 16.7 Å². The van der Waals surface area contributed by atoms with Crippen molar-refractivity contribution < 1.29 is 9.90 Å². The highest BCUT2D eigenvalue weighted by Crippen LogP contribution is 2.04. The number of aromatic nitrogens is 1. The van der Waals surface area contributed by atoms with Gasteiger partial charge in [-0.2, -0.15) is 0 Å². The van der Waals surface area contributed by atoms with Crippen molar-refractivity contribution in [1.82, 2.24) is 4.98 Å². The first-order valence-corrected chi connectivity index (χ1v) is 5.51. The third kappa shape index (κ3) is 4.43. The number of benzene rings is 1.